The molecule has 0 atom stereocenters. The molecule has 0 aliphatic heterocycles. The maximum absolute atomic E-state index is 12.2. The molecule has 2 rings (SSSR count). The lowest BCUT2D eigenvalue weighted by Gasteiger charge is -2.06. The van der Waals surface area contributed by atoms with Gasteiger partial charge in [0.05, 0.1) is 21.2 Å². The van der Waals surface area contributed by atoms with Crippen molar-refractivity contribution < 1.29 is 18.3 Å². The minimum absolute atomic E-state index is 0.0731. The Hall–Kier alpha value is -1.85. The van der Waals surface area contributed by atoms with Crippen LogP contribution in [0.1, 0.15) is 15.9 Å². The molecule has 0 radical (unpaired) electrons. The summed E-state index contributed by atoms with van der Waals surface area (Å²) in [7, 11) is -3.56. The van der Waals surface area contributed by atoms with Crippen LogP contribution < -0.4 is 0 Å². The molecule has 6 heteroatoms. The summed E-state index contributed by atoms with van der Waals surface area (Å²) in [5, 5.41) is 8.96. The number of carboxylic acids is 1. The van der Waals surface area contributed by atoms with Crippen LogP contribution in [0.4, 0.5) is 0 Å². The molecular formula is C14H11ClO4S. The molecule has 104 valence electrons. The zero-order chi connectivity index (χ0) is 14.8. The molecule has 0 bridgehead atoms. The number of hydrogen-bond donors (Lipinski definition) is 1. The average Bonchev–Trinajstić information content (AvgIpc) is 2.39. The summed E-state index contributed by atoms with van der Waals surface area (Å²) < 4.78 is 24.5. The van der Waals surface area contributed by atoms with E-state index in [1.165, 1.54) is 36.4 Å². The number of sulfone groups is 1. The fourth-order valence-electron chi connectivity index (χ4n) is 1.74. The van der Waals surface area contributed by atoms with Gasteiger partial charge in [-0.25, -0.2) is 13.2 Å². The molecule has 0 spiro atoms. The Labute approximate surface area is 121 Å². The predicted molar refractivity (Wildman–Crippen MR) is 75.7 cm³/mol. The normalized spacial score (nSPS) is 11.2. The molecule has 2 aromatic carbocycles. The molecule has 4 nitrogen and oxygen atoms in total. The SMILES string of the molecule is O=C(O)c1ccc(CS(=O)(=O)c2ccccc2Cl)cc1. The number of halogens is 1. The highest BCUT2D eigenvalue weighted by Crippen LogP contribution is 2.24. The summed E-state index contributed by atoms with van der Waals surface area (Å²) in [6.07, 6.45) is 0. The van der Waals surface area contributed by atoms with Gasteiger partial charge in [0.1, 0.15) is 0 Å². The Morgan fingerprint density at radius 1 is 1.05 bits per heavy atom. The van der Waals surface area contributed by atoms with Crippen molar-refractivity contribution in [3.63, 3.8) is 0 Å². The molecule has 1 N–H and O–H groups in total. The molecule has 0 fully saturated rings. The molecule has 0 heterocycles. The van der Waals surface area contributed by atoms with E-state index in [-0.39, 0.29) is 21.2 Å². The van der Waals surface area contributed by atoms with Crippen LogP contribution in [-0.2, 0) is 15.6 Å². The van der Waals surface area contributed by atoms with Gasteiger partial charge < -0.3 is 5.11 Å². The summed E-state index contributed by atoms with van der Waals surface area (Å²) >= 11 is 5.88. The summed E-state index contributed by atoms with van der Waals surface area (Å²) in [5.74, 6) is -1.28. The van der Waals surface area contributed by atoms with Gasteiger partial charge in [0, 0.05) is 0 Å². The van der Waals surface area contributed by atoms with Crippen molar-refractivity contribution in [2.24, 2.45) is 0 Å². The topological polar surface area (TPSA) is 71.4 Å². The molecule has 0 aromatic heterocycles. The number of hydrogen-bond acceptors (Lipinski definition) is 3. The van der Waals surface area contributed by atoms with Gasteiger partial charge in [-0.05, 0) is 29.8 Å². The highest BCUT2D eigenvalue weighted by Gasteiger charge is 2.18. The zero-order valence-corrected chi connectivity index (χ0v) is 11.9. The molecule has 0 amide bonds. The van der Waals surface area contributed by atoms with Gasteiger partial charge in [-0.15, -0.1) is 0 Å². The number of carbonyl (C=O) groups is 1. The number of carboxylic acid groups (broad SMARTS) is 1. The van der Waals surface area contributed by atoms with Crippen LogP contribution >= 0.6 is 11.6 Å². The molecule has 20 heavy (non-hydrogen) atoms. The Morgan fingerprint density at radius 3 is 2.20 bits per heavy atom. The highest BCUT2D eigenvalue weighted by molar-refractivity contribution is 7.90. The maximum atomic E-state index is 12.2. The predicted octanol–water partition coefficient (Wildman–Crippen LogP) is 3.01. The standard InChI is InChI=1S/C14H11ClO4S/c15-12-3-1-2-4-13(12)20(18,19)9-10-5-7-11(8-6-10)14(16)17/h1-8H,9H2,(H,16,17). The molecule has 0 saturated carbocycles. The van der Waals surface area contributed by atoms with Crippen molar-refractivity contribution in [1.82, 2.24) is 0 Å². The van der Waals surface area contributed by atoms with Crippen molar-refractivity contribution in [2.45, 2.75) is 10.6 Å². The van der Waals surface area contributed by atoms with Crippen LogP contribution in [0.3, 0.4) is 0 Å². The van der Waals surface area contributed by atoms with E-state index in [0.717, 1.165) is 0 Å². The smallest absolute Gasteiger partial charge is 0.335 e. The Bertz CT molecular complexity index is 736. The van der Waals surface area contributed by atoms with Gasteiger partial charge in [-0.3, -0.25) is 0 Å². The van der Waals surface area contributed by atoms with Gasteiger partial charge in [0.2, 0.25) is 0 Å². The van der Waals surface area contributed by atoms with Gasteiger partial charge in [0.25, 0.3) is 0 Å². The monoisotopic (exact) mass is 310 g/mol. The second-order valence-electron chi connectivity index (χ2n) is 4.19. The molecule has 0 saturated heterocycles. The van der Waals surface area contributed by atoms with E-state index < -0.39 is 15.8 Å². The van der Waals surface area contributed by atoms with E-state index in [2.05, 4.69) is 0 Å². The minimum Gasteiger partial charge on any atom is -0.478 e. The first-order valence-electron chi connectivity index (χ1n) is 5.70. The largest absolute Gasteiger partial charge is 0.478 e. The van der Waals surface area contributed by atoms with Crippen LogP contribution in [0.25, 0.3) is 0 Å². The lowest BCUT2D eigenvalue weighted by Crippen LogP contribution is -2.06. The number of rotatable bonds is 4. The summed E-state index contributed by atoms with van der Waals surface area (Å²) in [6, 6.07) is 11.9. The summed E-state index contributed by atoms with van der Waals surface area (Å²) in [6.45, 7) is 0. The van der Waals surface area contributed by atoms with Crippen molar-refractivity contribution in [3.8, 4) is 0 Å². The first-order chi connectivity index (χ1) is 9.40. The van der Waals surface area contributed by atoms with Gasteiger partial charge in [-0.1, -0.05) is 35.9 Å². The molecule has 0 aliphatic carbocycles. The van der Waals surface area contributed by atoms with E-state index >= 15 is 0 Å². The molecule has 0 unspecified atom stereocenters. The quantitative estimate of drug-likeness (QED) is 0.942. The van der Waals surface area contributed by atoms with Gasteiger partial charge in [0.15, 0.2) is 9.84 Å². The van der Waals surface area contributed by atoms with Gasteiger partial charge >= 0.3 is 5.97 Å². The average molecular weight is 311 g/mol. The highest BCUT2D eigenvalue weighted by atomic mass is 35.5. The summed E-state index contributed by atoms with van der Waals surface area (Å²) in [4.78, 5) is 10.8. The van der Waals surface area contributed by atoms with Crippen molar-refractivity contribution in [1.29, 1.82) is 0 Å². The van der Waals surface area contributed by atoms with E-state index in [1.807, 2.05) is 0 Å². The third kappa shape index (κ3) is 3.18. The van der Waals surface area contributed by atoms with Crippen LogP contribution in [0.5, 0.6) is 0 Å². The second kappa shape index (κ2) is 5.64. The third-order valence-electron chi connectivity index (χ3n) is 2.73. The fourth-order valence-corrected chi connectivity index (χ4v) is 3.66. The van der Waals surface area contributed by atoms with Crippen LogP contribution in [0.2, 0.25) is 5.02 Å². The van der Waals surface area contributed by atoms with Crippen molar-refractivity contribution >= 4 is 27.4 Å². The maximum Gasteiger partial charge on any atom is 0.335 e. The molecule has 0 aliphatic rings. The minimum atomic E-state index is -3.56. The zero-order valence-electron chi connectivity index (χ0n) is 10.3. The summed E-state index contributed by atoms with van der Waals surface area (Å²) in [5.41, 5.74) is 0.624. The van der Waals surface area contributed by atoms with Crippen molar-refractivity contribution in [2.75, 3.05) is 0 Å². The number of benzene rings is 2. The molecule has 2 aromatic rings. The number of aromatic carboxylic acids is 1. The van der Waals surface area contributed by atoms with E-state index in [1.54, 1.807) is 12.1 Å². The van der Waals surface area contributed by atoms with Crippen LogP contribution in [0.15, 0.2) is 53.4 Å². The van der Waals surface area contributed by atoms with Crippen LogP contribution in [-0.4, -0.2) is 19.5 Å². The van der Waals surface area contributed by atoms with E-state index in [0.29, 0.717) is 5.56 Å². The Morgan fingerprint density at radius 2 is 1.65 bits per heavy atom. The van der Waals surface area contributed by atoms with Crippen LogP contribution in [0, 0.1) is 0 Å². The first kappa shape index (κ1) is 14.6. The lowest BCUT2D eigenvalue weighted by atomic mass is 10.1. The lowest BCUT2D eigenvalue weighted by molar-refractivity contribution is 0.0697. The van der Waals surface area contributed by atoms with Crippen molar-refractivity contribution in [3.05, 3.63) is 64.7 Å². The Balaban J connectivity index is 2.29. The molecular weight excluding hydrogens is 300 g/mol. The first-order valence-corrected chi connectivity index (χ1v) is 7.73. The van der Waals surface area contributed by atoms with Gasteiger partial charge in [-0.2, -0.15) is 0 Å². The Kier molecular flexibility index (Phi) is 4.11. The van der Waals surface area contributed by atoms with E-state index in [9.17, 15) is 13.2 Å². The van der Waals surface area contributed by atoms with E-state index in [4.69, 9.17) is 16.7 Å². The fraction of sp³-hybridized carbons (Fsp3) is 0.0714. The second-order valence-corrected chi connectivity index (χ2v) is 6.56. The third-order valence-corrected chi connectivity index (χ3v) is 4.91.